The Morgan fingerprint density at radius 2 is 2.16 bits per heavy atom. The van der Waals surface area contributed by atoms with Gasteiger partial charge in [0.05, 0.1) is 17.3 Å². The molecule has 2 rings (SSSR count). The maximum Gasteiger partial charge on any atom is 0.227 e. The van der Waals surface area contributed by atoms with Gasteiger partial charge in [0, 0.05) is 11.9 Å². The highest BCUT2D eigenvalue weighted by Gasteiger charge is 2.11. The number of benzene rings is 1. The lowest BCUT2D eigenvalue weighted by molar-refractivity contribution is -0.129. The van der Waals surface area contributed by atoms with E-state index >= 15 is 0 Å². The van der Waals surface area contributed by atoms with Crippen LogP contribution in [0, 0.1) is 0 Å². The van der Waals surface area contributed by atoms with Crippen molar-refractivity contribution in [3.8, 4) is 5.75 Å². The largest absolute Gasteiger partial charge is 0.508 e. The van der Waals surface area contributed by atoms with Crippen molar-refractivity contribution < 1.29 is 9.90 Å². The second-order valence-corrected chi connectivity index (χ2v) is 6.10. The van der Waals surface area contributed by atoms with Crippen molar-refractivity contribution in [1.29, 1.82) is 0 Å². The molecule has 0 aliphatic rings. The molecule has 3 nitrogen and oxygen atoms in total. The fourth-order valence-corrected chi connectivity index (χ4v) is 2.88. The molecule has 0 aliphatic heterocycles. The van der Waals surface area contributed by atoms with Crippen LogP contribution in [0.2, 0.25) is 4.34 Å². The highest BCUT2D eigenvalue weighted by atomic mass is 35.5. The van der Waals surface area contributed by atoms with Gasteiger partial charge in [-0.1, -0.05) is 23.7 Å². The molecule has 0 fully saturated rings. The average Bonchev–Trinajstić information content (AvgIpc) is 2.74. The zero-order valence-electron chi connectivity index (χ0n) is 10.5. The molecule has 0 saturated carbocycles. The molecule has 1 N–H and O–H groups in total. The smallest absolute Gasteiger partial charge is 0.227 e. The third-order valence-electron chi connectivity index (χ3n) is 2.71. The van der Waals surface area contributed by atoms with Gasteiger partial charge >= 0.3 is 0 Å². The lowest BCUT2D eigenvalue weighted by Gasteiger charge is -2.16. The highest BCUT2D eigenvalue weighted by Crippen LogP contribution is 2.22. The van der Waals surface area contributed by atoms with Gasteiger partial charge < -0.3 is 10.0 Å². The third kappa shape index (κ3) is 3.98. The number of hydrogen-bond acceptors (Lipinski definition) is 3. The molecule has 2 aromatic rings. The lowest BCUT2D eigenvalue weighted by Crippen LogP contribution is -2.27. The van der Waals surface area contributed by atoms with Crippen LogP contribution < -0.4 is 0 Å². The monoisotopic (exact) mass is 295 g/mol. The van der Waals surface area contributed by atoms with E-state index in [1.807, 2.05) is 18.2 Å². The van der Waals surface area contributed by atoms with Crippen LogP contribution in [0.1, 0.15) is 10.4 Å². The zero-order chi connectivity index (χ0) is 13.8. The molecule has 1 aromatic carbocycles. The SMILES string of the molecule is CN(Cc1ccc(Cl)s1)C(=O)Cc1cccc(O)c1. The molecule has 1 aromatic heterocycles. The van der Waals surface area contributed by atoms with Crippen molar-refractivity contribution in [2.45, 2.75) is 13.0 Å². The predicted octanol–water partition coefficient (Wildman–Crippen LogP) is 3.31. The number of hydrogen-bond donors (Lipinski definition) is 1. The fourth-order valence-electron chi connectivity index (χ4n) is 1.73. The van der Waals surface area contributed by atoms with E-state index in [4.69, 9.17) is 11.6 Å². The second kappa shape index (κ2) is 6.08. The van der Waals surface area contributed by atoms with Gasteiger partial charge in [-0.05, 0) is 29.8 Å². The number of rotatable bonds is 4. The average molecular weight is 296 g/mol. The Morgan fingerprint density at radius 1 is 1.37 bits per heavy atom. The summed E-state index contributed by atoms with van der Waals surface area (Å²) in [6.45, 7) is 0.551. The van der Waals surface area contributed by atoms with Gasteiger partial charge in [0.25, 0.3) is 0 Å². The van der Waals surface area contributed by atoms with Crippen molar-refractivity contribution in [3.05, 3.63) is 51.2 Å². The summed E-state index contributed by atoms with van der Waals surface area (Å²) in [5.74, 6) is 0.188. The molecule has 0 radical (unpaired) electrons. The number of amides is 1. The summed E-state index contributed by atoms with van der Waals surface area (Å²) in [5.41, 5.74) is 0.807. The molecule has 19 heavy (non-hydrogen) atoms. The Hall–Kier alpha value is -1.52. The summed E-state index contributed by atoms with van der Waals surface area (Å²) in [4.78, 5) is 14.8. The summed E-state index contributed by atoms with van der Waals surface area (Å²) < 4.78 is 0.726. The van der Waals surface area contributed by atoms with Gasteiger partial charge in [0.15, 0.2) is 0 Å². The first-order chi connectivity index (χ1) is 9.04. The van der Waals surface area contributed by atoms with Gasteiger partial charge in [-0.15, -0.1) is 11.3 Å². The van der Waals surface area contributed by atoms with Crippen LogP contribution in [-0.2, 0) is 17.8 Å². The Morgan fingerprint density at radius 3 is 2.79 bits per heavy atom. The number of halogens is 1. The minimum absolute atomic E-state index is 0.00937. The predicted molar refractivity (Wildman–Crippen MR) is 77.6 cm³/mol. The van der Waals surface area contributed by atoms with Gasteiger partial charge in [0.1, 0.15) is 5.75 Å². The van der Waals surface area contributed by atoms with E-state index in [0.29, 0.717) is 6.54 Å². The summed E-state index contributed by atoms with van der Waals surface area (Å²) in [6, 6.07) is 10.5. The second-order valence-electron chi connectivity index (χ2n) is 4.30. The summed E-state index contributed by atoms with van der Waals surface area (Å²) >= 11 is 7.33. The van der Waals surface area contributed by atoms with E-state index in [1.54, 1.807) is 30.1 Å². The first-order valence-corrected chi connectivity index (χ1v) is 7.00. The summed E-state index contributed by atoms with van der Waals surface area (Å²) in [6.07, 6.45) is 0.282. The number of phenolic OH excluding ortho intramolecular Hbond substituents is 1. The molecule has 1 amide bonds. The van der Waals surface area contributed by atoms with Crippen molar-refractivity contribution in [2.75, 3.05) is 7.05 Å². The van der Waals surface area contributed by atoms with E-state index in [9.17, 15) is 9.90 Å². The molecule has 0 aliphatic carbocycles. The number of carbonyl (C=O) groups is 1. The quantitative estimate of drug-likeness (QED) is 0.940. The van der Waals surface area contributed by atoms with Gasteiger partial charge in [-0.3, -0.25) is 4.79 Å². The Labute approximate surface area is 121 Å². The molecule has 100 valence electrons. The van der Waals surface area contributed by atoms with Crippen molar-refractivity contribution in [3.63, 3.8) is 0 Å². The standard InChI is InChI=1S/C14H14ClNO2S/c1-16(9-12-5-6-13(15)19-12)14(18)8-10-3-2-4-11(17)7-10/h2-7,17H,8-9H2,1H3. The van der Waals surface area contributed by atoms with Crippen LogP contribution in [-0.4, -0.2) is 23.0 Å². The molecule has 0 bridgehead atoms. The molecular weight excluding hydrogens is 282 g/mol. The van der Waals surface area contributed by atoms with E-state index in [1.165, 1.54) is 11.3 Å². The van der Waals surface area contributed by atoms with Gasteiger partial charge in [0.2, 0.25) is 5.91 Å². The van der Waals surface area contributed by atoms with Crippen LogP contribution in [0.5, 0.6) is 5.75 Å². The molecule has 0 atom stereocenters. The fraction of sp³-hybridized carbons (Fsp3) is 0.214. The highest BCUT2D eigenvalue weighted by molar-refractivity contribution is 7.16. The Balaban J connectivity index is 1.96. The van der Waals surface area contributed by atoms with Crippen molar-refractivity contribution >= 4 is 28.8 Å². The summed E-state index contributed by atoms with van der Waals surface area (Å²) in [7, 11) is 1.76. The molecule has 0 spiro atoms. The number of thiophene rings is 1. The number of aromatic hydroxyl groups is 1. The minimum atomic E-state index is 0.00937. The van der Waals surface area contributed by atoms with Crippen LogP contribution >= 0.6 is 22.9 Å². The van der Waals surface area contributed by atoms with E-state index in [0.717, 1.165) is 14.8 Å². The summed E-state index contributed by atoms with van der Waals surface area (Å²) in [5, 5.41) is 9.36. The van der Waals surface area contributed by atoms with Crippen LogP contribution in [0.25, 0.3) is 0 Å². The van der Waals surface area contributed by atoms with Crippen LogP contribution in [0.4, 0.5) is 0 Å². The van der Waals surface area contributed by atoms with E-state index < -0.39 is 0 Å². The van der Waals surface area contributed by atoms with Crippen molar-refractivity contribution in [1.82, 2.24) is 4.90 Å². The molecule has 1 heterocycles. The van der Waals surface area contributed by atoms with E-state index in [2.05, 4.69) is 0 Å². The van der Waals surface area contributed by atoms with Gasteiger partial charge in [-0.2, -0.15) is 0 Å². The normalized spacial score (nSPS) is 10.4. The van der Waals surface area contributed by atoms with Crippen LogP contribution in [0.15, 0.2) is 36.4 Å². The van der Waals surface area contributed by atoms with E-state index in [-0.39, 0.29) is 18.1 Å². The first kappa shape index (κ1) is 13.9. The number of carbonyl (C=O) groups excluding carboxylic acids is 1. The maximum atomic E-state index is 12.1. The zero-order valence-corrected chi connectivity index (χ0v) is 12.0. The Kier molecular flexibility index (Phi) is 4.45. The molecule has 0 saturated heterocycles. The molecule has 5 heteroatoms. The number of phenols is 1. The molecular formula is C14H14ClNO2S. The minimum Gasteiger partial charge on any atom is -0.508 e. The number of nitrogens with zero attached hydrogens (tertiary/aromatic N) is 1. The lowest BCUT2D eigenvalue weighted by atomic mass is 10.1. The topological polar surface area (TPSA) is 40.5 Å². The van der Waals surface area contributed by atoms with Gasteiger partial charge in [-0.25, -0.2) is 0 Å². The first-order valence-electron chi connectivity index (χ1n) is 5.80. The number of likely N-dealkylation sites (N-methyl/N-ethyl adjacent to an activating group) is 1. The maximum absolute atomic E-state index is 12.1. The third-order valence-corrected chi connectivity index (χ3v) is 3.93. The van der Waals surface area contributed by atoms with Crippen molar-refractivity contribution in [2.24, 2.45) is 0 Å². The van der Waals surface area contributed by atoms with Crippen LogP contribution in [0.3, 0.4) is 0 Å². The Bertz CT molecular complexity index is 582. The molecule has 0 unspecified atom stereocenters.